The lowest BCUT2D eigenvalue weighted by molar-refractivity contribution is 0.0953. The van der Waals surface area contributed by atoms with Crippen molar-refractivity contribution >= 4 is 17.1 Å². The smallest absolute Gasteiger partial charge is 0.251 e. The van der Waals surface area contributed by atoms with Crippen molar-refractivity contribution in [1.29, 1.82) is 0 Å². The molecule has 0 saturated heterocycles. The van der Waals surface area contributed by atoms with E-state index in [9.17, 15) is 4.79 Å². The highest BCUT2D eigenvalue weighted by molar-refractivity contribution is 5.95. The fourth-order valence-electron chi connectivity index (χ4n) is 2.86. The zero-order chi connectivity index (χ0) is 17.8. The van der Waals surface area contributed by atoms with Crippen LogP contribution in [0.2, 0.25) is 0 Å². The van der Waals surface area contributed by atoms with Gasteiger partial charge in [-0.2, -0.15) is 0 Å². The number of pyridine rings is 1. The third-order valence-electron chi connectivity index (χ3n) is 3.97. The quantitative estimate of drug-likeness (QED) is 0.743. The zero-order valence-electron chi connectivity index (χ0n) is 15.0. The van der Waals surface area contributed by atoms with Crippen molar-refractivity contribution in [2.24, 2.45) is 5.92 Å². The monoisotopic (exact) mass is 336 g/mol. The first kappa shape index (κ1) is 17.1. The number of benzene rings is 1. The van der Waals surface area contributed by atoms with Gasteiger partial charge in [0.15, 0.2) is 5.65 Å². The molecule has 25 heavy (non-hydrogen) atoms. The van der Waals surface area contributed by atoms with Gasteiger partial charge in [-0.05, 0) is 36.6 Å². The Bertz CT molecular complexity index is 882. The van der Waals surface area contributed by atoms with E-state index in [2.05, 4.69) is 28.7 Å². The molecule has 0 saturated carbocycles. The summed E-state index contributed by atoms with van der Waals surface area (Å²) < 4.78 is 2.14. The predicted molar refractivity (Wildman–Crippen MR) is 100 cm³/mol. The van der Waals surface area contributed by atoms with Crippen molar-refractivity contribution in [1.82, 2.24) is 19.9 Å². The molecular formula is C20H24N4O. The Kier molecular flexibility index (Phi) is 5.12. The summed E-state index contributed by atoms with van der Waals surface area (Å²) in [4.78, 5) is 21.5. The second kappa shape index (κ2) is 7.47. The van der Waals surface area contributed by atoms with E-state index in [4.69, 9.17) is 4.98 Å². The summed E-state index contributed by atoms with van der Waals surface area (Å²) in [5, 5.41) is 2.92. The fraction of sp³-hybridized carbons (Fsp3) is 0.350. The molecule has 1 amide bonds. The Balaban J connectivity index is 2.05. The highest BCUT2D eigenvalue weighted by atomic mass is 16.1. The number of amides is 1. The predicted octanol–water partition coefficient (Wildman–Crippen LogP) is 3.89. The molecule has 0 aliphatic carbocycles. The average molecular weight is 336 g/mol. The molecular weight excluding hydrogens is 312 g/mol. The molecule has 5 heteroatoms. The number of aromatic nitrogens is 3. The largest absolute Gasteiger partial charge is 0.352 e. The van der Waals surface area contributed by atoms with Crippen LogP contribution < -0.4 is 5.32 Å². The lowest BCUT2D eigenvalue weighted by atomic mass is 10.1. The van der Waals surface area contributed by atoms with Crippen LogP contribution in [0.25, 0.3) is 22.6 Å². The minimum atomic E-state index is -0.0478. The number of fused-ring (bicyclic) bond motifs is 1. The van der Waals surface area contributed by atoms with Crippen LogP contribution in [0.3, 0.4) is 0 Å². The van der Waals surface area contributed by atoms with Crippen molar-refractivity contribution in [3.05, 3.63) is 48.2 Å². The van der Waals surface area contributed by atoms with Crippen LogP contribution in [0.1, 0.15) is 37.6 Å². The minimum absolute atomic E-state index is 0.0478. The second-order valence-electron chi connectivity index (χ2n) is 6.62. The Hall–Kier alpha value is -2.69. The maximum absolute atomic E-state index is 12.3. The SMILES string of the molecule is CCCNC(=O)c1cccc(-c2nc3cccnc3n2CC(C)C)c1. The molecule has 0 atom stereocenters. The molecule has 2 aromatic heterocycles. The average Bonchev–Trinajstić information content (AvgIpc) is 2.98. The van der Waals surface area contributed by atoms with E-state index in [1.54, 1.807) is 6.20 Å². The Morgan fingerprint density at radius 1 is 1.24 bits per heavy atom. The maximum atomic E-state index is 12.3. The highest BCUT2D eigenvalue weighted by Gasteiger charge is 2.15. The number of hydrogen-bond acceptors (Lipinski definition) is 3. The second-order valence-corrected chi connectivity index (χ2v) is 6.62. The van der Waals surface area contributed by atoms with Gasteiger partial charge < -0.3 is 9.88 Å². The van der Waals surface area contributed by atoms with E-state index in [1.165, 1.54) is 0 Å². The molecule has 0 unspecified atom stereocenters. The van der Waals surface area contributed by atoms with Crippen molar-refractivity contribution in [3.8, 4) is 11.4 Å². The summed E-state index contributed by atoms with van der Waals surface area (Å²) in [5.74, 6) is 1.27. The van der Waals surface area contributed by atoms with Crippen LogP contribution in [0.4, 0.5) is 0 Å². The number of carbonyl (C=O) groups excluding carboxylic acids is 1. The van der Waals surface area contributed by atoms with Crippen LogP contribution in [-0.2, 0) is 6.54 Å². The van der Waals surface area contributed by atoms with Gasteiger partial charge in [-0.25, -0.2) is 9.97 Å². The van der Waals surface area contributed by atoms with E-state index < -0.39 is 0 Å². The van der Waals surface area contributed by atoms with E-state index in [1.807, 2.05) is 43.3 Å². The number of imidazole rings is 1. The summed E-state index contributed by atoms with van der Waals surface area (Å²) in [5.41, 5.74) is 3.34. The van der Waals surface area contributed by atoms with Gasteiger partial charge in [0.2, 0.25) is 0 Å². The van der Waals surface area contributed by atoms with Gasteiger partial charge in [-0.3, -0.25) is 4.79 Å². The van der Waals surface area contributed by atoms with Crippen LogP contribution >= 0.6 is 0 Å². The van der Waals surface area contributed by atoms with Crippen LogP contribution in [0.5, 0.6) is 0 Å². The number of nitrogens with zero attached hydrogens (tertiary/aromatic N) is 3. The standard InChI is InChI=1S/C20H24N4O/c1-4-10-22-20(25)16-8-5-7-15(12-16)18-23-17-9-6-11-21-19(17)24(18)13-14(2)3/h5-9,11-12,14H,4,10,13H2,1-3H3,(H,22,25). The molecule has 1 N–H and O–H groups in total. The van der Waals surface area contributed by atoms with Crippen molar-refractivity contribution in [2.75, 3.05) is 6.54 Å². The van der Waals surface area contributed by atoms with Crippen molar-refractivity contribution < 1.29 is 4.79 Å². The van der Waals surface area contributed by atoms with Gasteiger partial charge in [0.05, 0.1) is 0 Å². The summed E-state index contributed by atoms with van der Waals surface area (Å²) in [6.45, 7) is 7.90. The lowest BCUT2D eigenvalue weighted by Gasteiger charge is -2.12. The topological polar surface area (TPSA) is 59.8 Å². The molecule has 130 valence electrons. The number of hydrogen-bond donors (Lipinski definition) is 1. The van der Waals surface area contributed by atoms with Gasteiger partial charge in [0.25, 0.3) is 5.91 Å². The first-order valence-corrected chi connectivity index (χ1v) is 8.80. The summed E-state index contributed by atoms with van der Waals surface area (Å²) in [6, 6.07) is 11.5. The maximum Gasteiger partial charge on any atom is 0.251 e. The highest BCUT2D eigenvalue weighted by Crippen LogP contribution is 2.25. The molecule has 5 nitrogen and oxygen atoms in total. The Labute approximate surface area is 148 Å². The van der Waals surface area contributed by atoms with E-state index in [-0.39, 0.29) is 5.91 Å². The minimum Gasteiger partial charge on any atom is -0.352 e. The van der Waals surface area contributed by atoms with Crippen LogP contribution in [0, 0.1) is 5.92 Å². The van der Waals surface area contributed by atoms with Crippen LogP contribution in [-0.4, -0.2) is 27.0 Å². The molecule has 1 aromatic carbocycles. The number of rotatable bonds is 6. The fourth-order valence-corrected chi connectivity index (χ4v) is 2.86. The first-order valence-electron chi connectivity index (χ1n) is 8.80. The molecule has 3 aromatic rings. The van der Waals surface area contributed by atoms with Gasteiger partial charge in [0, 0.05) is 30.4 Å². The van der Waals surface area contributed by atoms with Gasteiger partial charge in [-0.1, -0.05) is 32.9 Å². The number of nitrogens with one attached hydrogen (secondary N) is 1. The van der Waals surface area contributed by atoms with Gasteiger partial charge in [-0.15, -0.1) is 0 Å². The summed E-state index contributed by atoms with van der Waals surface area (Å²) >= 11 is 0. The Morgan fingerprint density at radius 3 is 2.84 bits per heavy atom. The van der Waals surface area contributed by atoms with Gasteiger partial charge >= 0.3 is 0 Å². The van der Waals surface area contributed by atoms with Crippen molar-refractivity contribution in [2.45, 2.75) is 33.7 Å². The first-order chi connectivity index (χ1) is 12.1. The molecule has 3 rings (SSSR count). The third kappa shape index (κ3) is 3.71. The molecule has 0 fully saturated rings. The molecule has 0 aliphatic rings. The normalized spacial score (nSPS) is 11.2. The zero-order valence-corrected chi connectivity index (χ0v) is 15.0. The Morgan fingerprint density at radius 2 is 2.08 bits per heavy atom. The van der Waals surface area contributed by atoms with Crippen molar-refractivity contribution in [3.63, 3.8) is 0 Å². The summed E-state index contributed by atoms with van der Waals surface area (Å²) in [7, 11) is 0. The molecule has 0 aliphatic heterocycles. The summed E-state index contributed by atoms with van der Waals surface area (Å²) in [6.07, 6.45) is 2.71. The lowest BCUT2D eigenvalue weighted by Crippen LogP contribution is -2.23. The third-order valence-corrected chi connectivity index (χ3v) is 3.97. The van der Waals surface area contributed by atoms with Crippen LogP contribution in [0.15, 0.2) is 42.6 Å². The molecule has 0 bridgehead atoms. The number of carbonyl (C=O) groups is 1. The molecule has 0 spiro atoms. The van der Waals surface area contributed by atoms with E-state index >= 15 is 0 Å². The van der Waals surface area contributed by atoms with E-state index in [0.29, 0.717) is 18.0 Å². The molecule has 2 heterocycles. The molecule has 0 radical (unpaired) electrons. The van der Waals surface area contributed by atoms with E-state index in [0.717, 1.165) is 35.5 Å². The van der Waals surface area contributed by atoms with Gasteiger partial charge in [0.1, 0.15) is 11.3 Å².